The van der Waals surface area contributed by atoms with Gasteiger partial charge in [-0.25, -0.2) is 0 Å². The molecule has 114 valence electrons. The first-order chi connectivity index (χ1) is 10.1. The zero-order chi connectivity index (χ0) is 14.9. The van der Waals surface area contributed by atoms with Gasteiger partial charge in [-0.1, -0.05) is 36.5 Å². The van der Waals surface area contributed by atoms with Gasteiger partial charge in [0.05, 0.1) is 5.54 Å². The third kappa shape index (κ3) is 2.84. The number of amides is 1. The van der Waals surface area contributed by atoms with Crippen molar-refractivity contribution in [3.8, 4) is 0 Å². The van der Waals surface area contributed by atoms with Crippen LogP contribution in [0.15, 0.2) is 18.2 Å². The maximum atomic E-state index is 13.1. The summed E-state index contributed by atoms with van der Waals surface area (Å²) in [5.74, 6) is 0.227. The number of hydrogen-bond acceptors (Lipinski definition) is 2. The number of aryl methyl sites for hydroxylation is 2. The lowest BCUT2D eigenvalue weighted by Crippen LogP contribution is -2.63. The van der Waals surface area contributed by atoms with Gasteiger partial charge in [0.1, 0.15) is 0 Å². The fraction of sp³-hybridized carbons (Fsp3) is 0.611. The molecule has 1 spiro atoms. The number of rotatable bonds is 1. The van der Waals surface area contributed by atoms with Crippen LogP contribution < -0.4 is 5.32 Å². The molecule has 0 radical (unpaired) electrons. The second-order valence-corrected chi connectivity index (χ2v) is 6.79. The van der Waals surface area contributed by atoms with Crippen molar-refractivity contribution in [2.45, 2.75) is 51.5 Å². The van der Waals surface area contributed by atoms with E-state index in [9.17, 15) is 4.79 Å². The minimum Gasteiger partial charge on any atom is -0.330 e. The van der Waals surface area contributed by atoms with Gasteiger partial charge in [0.25, 0.3) is 5.91 Å². The van der Waals surface area contributed by atoms with Crippen LogP contribution in [0.5, 0.6) is 0 Å². The van der Waals surface area contributed by atoms with Gasteiger partial charge in [0.15, 0.2) is 0 Å². The van der Waals surface area contributed by atoms with Gasteiger partial charge in [-0.3, -0.25) is 4.79 Å². The summed E-state index contributed by atoms with van der Waals surface area (Å²) >= 11 is 0. The Balaban J connectivity index is 1.90. The third-order valence-electron chi connectivity index (χ3n) is 5.04. The van der Waals surface area contributed by atoms with E-state index in [0.717, 1.165) is 38.0 Å². The van der Waals surface area contributed by atoms with E-state index in [2.05, 4.69) is 30.1 Å². The predicted octanol–water partition coefficient (Wildman–Crippen LogP) is 3.05. The van der Waals surface area contributed by atoms with Crippen molar-refractivity contribution in [1.29, 1.82) is 0 Å². The Bertz CT molecular complexity index is 504. The van der Waals surface area contributed by atoms with E-state index in [0.29, 0.717) is 0 Å². The first-order valence-electron chi connectivity index (χ1n) is 8.22. The molecule has 0 unspecified atom stereocenters. The lowest BCUT2D eigenvalue weighted by molar-refractivity contribution is 0.0222. The first-order valence-corrected chi connectivity index (χ1v) is 8.22. The lowest BCUT2D eigenvalue weighted by Gasteiger charge is -2.50. The summed E-state index contributed by atoms with van der Waals surface area (Å²) in [6.45, 7) is 6.85. The minimum absolute atomic E-state index is 0.0607. The largest absolute Gasteiger partial charge is 0.330 e. The number of nitrogens with zero attached hydrogens (tertiary/aromatic N) is 1. The third-order valence-corrected chi connectivity index (χ3v) is 5.04. The molecule has 1 heterocycles. The average molecular weight is 286 g/mol. The Hall–Kier alpha value is -1.35. The molecule has 1 aliphatic heterocycles. The summed E-state index contributed by atoms with van der Waals surface area (Å²) in [4.78, 5) is 15.3. The summed E-state index contributed by atoms with van der Waals surface area (Å²) in [6, 6.07) is 6.20. The van der Waals surface area contributed by atoms with Gasteiger partial charge in [-0.05, 0) is 38.8 Å². The van der Waals surface area contributed by atoms with E-state index in [1.807, 2.05) is 12.1 Å². The summed E-state index contributed by atoms with van der Waals surface area (Å²) in [5, 5.41) is 3.51. The van der Waals surface area contributed by atoms with Gasteiger partial charge in [0.2, 0.25) is 0 Å². The van der Waals surface area contributed by atoms with Crippen LogP contribution in [-0.2, 0) is 0 Å². The van der Waals surface area contributed by atoms with E-state index < -0.39 is 0 Å². The highest BCUT2D eigenvalue weighted by Crippen LogP contribution is 2.35. The average Bonchev–Trinajstić information content (AvgIpc) is 2.47. The summed E-state index contributed by atoms with van der Waals surface area (Å²) < 4.78 is 0. The monoisotopic (exact) mass is 286 g/mol. The highest BCUT2D eigenvalue weighted by molar-refractivity contribution is 5.95. The lowest BCUT2D eigenvalue weighted by atomic mass is 9.78. The molecular weight excluding hydrogens is 260 g/mol. The van der Waals surface area contributed by atoms with Gasteiger partial charge >= 0.3 is 0 Å². The maximum absolute atomic E-state index is 13.1. The topological polar surface area (TPSA) is 32.3 Å². The molecule has 1 N–H and O–H groups in total. The first kappa shape index (κ1) is 14.6. The Morgan fingerprint density at radius 3 is 2.43 bits per heavy atom. The van der Waals surface area contributed by atoms with Crippen molar-refractivity contribution in [1.82, 2.24) is 10.2 Å². The number of hydrogen-bond donors (Lipinski definition) is 1. The van der Waals surface area contributed by atoms with E-state index in [1.165, 1.54) is 30.4 Å². The van der Waals surface area contributed by atoms with E-state index in [-0.39, 0.29) is 11.4 Å². The van der Waals surface area contributed by atoms with E-state index in [4.69, 9.17) is 0 Å². The molecule has 21 heavy (non-hydrogen) atoms. The summed E-state index contributed by atoms with van der Waals surface area (Å²) in [5.41, 5.74) is 3.27. The van der Waals surface area contributed by atoms with Crippen molar-refractivity contribution in [3.63, 3.8) is 0 Å². The molecule has 0 atom stereocenters. The highest BCUT2D eigenvalue weighted by Gasteiger charge is 2.42. The van der Waals surface area contributed by atoms with Crippen LogP contribution in [0.1, 0.15) is 53.6 Å². The Labute approximate surface area is 127 Å². The zero-order valence-electron chi connectivity index (χ0n) is 13.2. The van der Waals surface area contributed by atoms with Gasteiger partial charge in [0, 0.05) is 25.2 Å². The van der Waals surface area contributed by atoms with Gasteiger partial charge in [-0.15, -0.1) is 0 Å². The molecular formula is C18H26N2O. The highest BCUT2D eigenvalue weighted by atomic mass is 16.2. The van der Waals surface area contributed by atoms with Crippen LogP contribution in [0.2, 0.25) is 0 Å². The van der Waals surface area contributed by atoms with Crippen LogP contribution in [0.25, 0.3) is 0 Å². The molecule has 1 aliphatic carbocycles. The summed E-state index contributed by atoms with van der Waals surface area (Å²) in [7, 11) is 0. The molecule has 3 heteroatoms. The number of piperazine rings is 1. The minimum atomic E-state index is 0.0607. The van der Waals surface area contributed by atoms with Crippen molar-refractivity contribution >= 4 is 5.91 Å². The number of carbonyl (C=O) groups excluding carboxylic acids is 1. The molecule has 0 bridgehead atoms. The van der Waals surface area contributed by atoms with Gasteiger partial charge < -0.3 is 10.2 Å². The van der Waals surface area contributed by atoms with Crippen LogP contribution >= 0.6 is 0 Å². The number of carbonyl (C=O) groups is 1. The van der Waals surface area contributed by atoms with E-state index in [1.54, 1.807) is 0 Å². The van der Waals surface area contributed by atoms with E-state index >= 15 is 0 Å². The Morgan fingerprint density at radius 1 is 1.10 bits per heavy atom. The van der Waals surface area contributed by atoms with Crippen molar-refractivity contribution < 1.29 is 4.79 Å². The fourth-order valence-electron chi connectivity index (χ4n) is 4.07. The fourth-order valence-corrected chi connectivity index (χ4v) is 4.07. The molecule has 1 aromatic carbocycles. The molecule has 1 aromatic rings. The second kappa shape index (κ2) is 5.80. The predicted molar refractivity (Wildman–Crippen MR) is 85.6 cm³/mol. The number of nitrogens with one attached hydrogen (secondary N) is 1. The Kier molecular flexibility index (Phi) is 4.03. The standard InChI is InChI=1S/C18H26N2O/c1-14-10-15(2)12-16(11-14)17(21)20-9-8-19-13-18(20)6-4-3-5-7-18/h10-12,19H,3-9,13H2,1-2H3. The number of benzene rings is 1. The Morgan fingerprint density at radius 2 is 1.76 bits per heavy atom. The molecule has 1 saturated heterocycles. The SMILES string of the molecule is Cc1cc(C)cc(C(=O)N2CCNCC23CCCCC3)c1. The molecule has 1 amide bonds. The smallest absolute Gasteiger partial charge is 0.254 e. The zero-order valence-corrected chi connectivity index (χ0v) is 13.2. The van der Waals surface area contributed by atoms with Crippen LogP contribution in [0, 0.1) is 13.8 Å². The quantitative estimate of drug-likeness (QED) is 0.860. The normalized spacial score (nSPS) is 21.5. The molecule has 2 fully saturated rings. The molecule has 2 aliphatic rings. The second-order valence-electron chi connectivity index (χ2n) is 6.79. The van der Waals surface area contributed by atoms with Crippen LogP contribution in [-0.4, -0.2) is 36.0 Å². The van der Waals surface area contributed by atoms with Crippen molar-refractivity contribution in [3.05, 3.63) is 34.9 Å². The van der Waals surface area contributed by atoms with Crippen LogP contribution in [0.3, 0.4) is 0 Å². The van der Waals surface area contributed by atoms with Crippen molar-refractivity contribution in [2.24, 2.45) is 0 Å². The van der Waals surface area contributed by atoms with Crippen LogP contribution in [0.4, 0.5) is 0 Å². The molecule has 3 rings (SSSR count). The maximum Gasteiger partial charge on any atom is 0.254 e. The van der Waals surface area contributed by atoms with Gasteiger partial charge in [-0.2, -0.15) is 0 Å². The van der Waals surface area contributed by atoms with Crippen molar-refractivity contribution in [2.75, 3.05) is 19.6 Å². The molecule has 3 nitrogen and oxygen atoms in total. The molecule has 0 aromatic heterocycles. The summed E-state index contributed by atoms with van der Waals surface area (Å²) in [6.07, 6.45) is 6.11. The molecule has 1 saturated carbocycles.